The van der Waals surface area contributed by atoms with Gasteiger partial charge in [0.2, 0.25) is 5.95 Å². The van der Waals surface area contributed by atoms with Crippen LogP contribution in [0.4, 0.5) is 5.95 Å². The van der Waals surface area contributed by atoms with E-state index in [1.165, 1.54) is 0 Å². The summed E-state index contributed by atoms with van der Waals surface area (Å²) >= 11 is 6.22. The average Bonchev–Trinajstić information content (AvgIpc) is 2.56. The minimum Gasteiger partial charge on any atom is -0.393 e. The molecule has 0 unspecified atom stereocenters. The van der Waals surface area contributed by atoms with Crippen molar-refractivity contribution in [1.29, 1.82) is 0 Å². The Bertz CT molecular complexity index is 686. The van der Waals surface area contributed by atoms with E-state index in [4.69, 9.17) is 16.6 Å². The van der Waals surface area contributed by atoms with E-state index in [0.717, 1.165) is 48.6 Å². The zero-order chi connectivity index (χ0) is 16.4. The number of rotatable bonds is 4. The van der Waals surface area contributed by atoms with Crippen molar-refractivity contribution in [3.05, 3.63) is 23.1 Å². The van der Waals surface area contributed by atoms with Crippen LogP contribution in [0.3, 0.4) is 0 Å². The lowest BCUT2D eigenvalue weighted by Gasteiger charge is -2.26. The third-order valence-electron chi connectivity index (χ3n) is 4.73. The second-order valence-corrected chi connectivity index (χ2v) is 6.78. The third-order valence-corrected chi connectivity index (χ3v) is 5.03. The van der Waals surface area contributed by atoms with Gasteiger partial charge in [-0.3, -0.25) is 0 Å². The number of anilines is 1. The molecule has 0 spiro atoms. The molecule has 1 atom stereocenters. The molecule has 2 heterocycles. The van der Waals surface area contributed by atoms with Gasteiger partial charge in [-0.1, -0.05) is 18.5 Å². The lowest BCUT2D eigenvalue weighted by atomic mass is 9.83. The molecule has 0 amide bonds. The van der Waals surface area contributed by atoms with Gasteiger partial charge in [-0.05, 0) is 44.9 Å². The van der Waals surface area contributed by atoms with E-state index in [0.29, 0.717) is 23.1 Å². The summed E-state index contributed by atoms with van der Waals surface area (Å²) < 4.78 is 0. The van der Waals surface area contributed by atoms with Gasteiger partial charge in [0.25, 0.3) is 0 Å². The van der Waals surface area contributed by atoms with E-state index in [9.17, 15) is 5.11 Å². The number of nitrogens with zero attached hydrogens (tertiary/aromatic N) is 3. The lowest BCUT2D eigenvalue weighted by Crippen LogP contribution is -2.18. The molecule has 124 valence electrons. The first-order valence-corrected chi connectivity index (χ1v) is 8.72. The van der Waals surface area contributed by atoms with Crippen LogP contribution in [-0.2, 0) is 0 Å². The molecule has 1 aliphatic rings. The number of halogens is 1. The molecule has 2 aromatic heterocycles. The molecule has 1 fully saturated rings. The van der Waals surface area contributed by atoms with Crippen molar-refractivity contribution in [3.8, 4) is 0 Å². The molecule has 5 nitrogen and oxygen atoms in total. The second kappa shape index (κ2) is 6.97. The fraction of sp³-hybridized carbons (Fsp3) is 0.588. The smallest absolute Gasteiger partial charge is 0.223 e. The van der Waals surface area contributed by atoms with Gasteiger partial charge in [-0.25, -0.2) is 15.0 Å². The van der Waals surface area contributed by atoms with Crippen molar-refractivity contribution in [2.75, 3.05) is 5.32 Å². The number of aromatic nitrogens is 3. The summed E-state index contributed by atoms with van der Waals surface area (Å²) in [4.78, 5) is 13.4. The van der Waals surface area contributed by atoms with Crippen LogP contribution >= 0.6 is 11.6 Å². The van der Waals surface area contributed by atoms with E-state index in [-0.39, 0.29) is 6.10 Å². The highest BCUT2D eigenvalue weighted by Crippen LogP contribution is 2.36. The van der Waals surface area contributed by atoms with Crippen molar-refractivity contribution in [2.24, 2.45) is 0 Å². The maximum absolute atomic E-state index is 9.73. The first-order valence-electron chi connectivity index (χ1n) is 8.34. The quantitative estimate of drug-likeness (QED) is 0.829. The molecule has 1 aliphatic carbocycles. The predicted molar refractivity (Wildman–Crippen MR) is 92.9 cm³/mol. The molecule has 1 saturated carbocycles. The van der Waals surface area contributed by atoms with Crippen LogP contribution in [-0.4, -0.2) is 32.2 Å². The Morgan fingerprint density at radius 1 is 1.26 bits per heavy atom. The number of aliphatic hydroxyl groups is 1. The van der Waals surface area contributed by atoms with Crippen LogP contribution < -0.4 is 5.32 Å². The summed E-state index contributed by atoms with van der Waals surface area (Å²) in [5.41, 5.74) is 2.00. The fourth-order valence-corrected chi connectivity index (χ4v) is 3.27. The minimum atomic E-state index is -0.171. The molecule has 23 heavy (non-hydrogen) atoms. The molecular formula is C17H23ClN4O. The molecule has 6 heteroatoms. The maximum atomic E-state index is 9.73. The van der Waals surface area contributed by atoms with Crippen molar-refractivity contribution < 1.29 is 5.11 Å². The highest BCUT2D eigenvalue weighted by Gasteiger charge is 2.24. The van der Waals surface area contributed by atoms with E-state index >= 15 is 0 Å². The van der Waals surface area contributed by atoms with Crippen molar-refractivity contribution >= 4 is 28.5 Å². The summed E-state index contributed by atoms with van der Waals surface area (Å²) in [5, 5.41) is 14.3. The molecule has 0 aromatic carbocycles. The monoisotopic (exact) mass is 334 g/mol. The van der Waals surface area contributed by atoms with Crippen molar-refractivity contribution in [2.45, 2.75) is 64.0 Å². The second-order valence-electron chi connectivity index (χ2n) is 6.42. The molecule has 0 saturated heterocycles. The van der Waals surface area contributed by atoms with Crippen LogP contribution in [0.15, 0.2) is 12.4 Å². The Balaban J connectivity index is 1.99. The van der Waals surface area contributed by atoms with Gasteiger partial charge in [0.05, 0.1) is 17.0 Å². The largest absolute Gasteiger partial charge is 0.393 e. The Labute approximate surface area is 141 Å². The number of aliphatic hydroxyl groups excluding tert-OH is 1. The van der Waals surface area contributed by atoms with Gasteiger partial charge < -0.3 is 10.4 Å². The maximum Gasteiger partial charge on any atom is 0.223 e. The zero-order valence-electron chi connectivity index (χ0n) is 13.6. The summed E-state index contributed by atoms with van der Waals surface area (Å²) in [5.74, 6) is 1.00. The van der Waals surface area contributed by atoms with E-state index < -0.39 is 0 Å². The minimum absolute atomic E-state index is 0.171. The van der Waals surface area contributed by atoms with Crippen LogP contribution in [0.2, 0.25) is 5.15 Å². The third kappa shape index (κ3) is 3.56. The number of nitrogens with one attached hydrogen (secondary N) is 1. The van der Waals surface area contributed by atoms with Crippen LogP contribution in [0.1, 0.15) is 57.4 Å². The Kier molecular flexibility index (Phi) is 4.97. The van der Waals surface area contributed by atoms with Gasteiger partial charge >= 0.3 is 0 Å². The van der Waals surface area contributed by atoms with Crippen molar-refractivity contribution in [3.63, 3.8) is 0 Å². The standard InChI is InChI=1S/C17H23ClN4O/c1-3-10(2)21-17-20-9-14-15(22-17)13(8-19-16(14)18)11-4-6-12(23)7-5-11/h8-12,23H,3-7H2,1-2H3,(H,20,21,22)/t10-,11?,12?/m0/s1. The summed E-state index contributed by atoms with van der Waals surface area (Å²) in [6.45, 7) is 4.23. The molecule has 0 aliphatic heterocycles. The molecule has 2 aromatic rings. The summed E-state index contributed by atoms with van der Waals surface area (Å²) in [6.07, 6.45) is 8.00. The van der Waals surface area contributed by atoms with E-state index in [1.54, 1.807) is 6.20 Å². The molecule has 3 rings (SSSR count). The number of hydrogen-bond donors (Lipinski definition) is 2. The zero-order valence-corrected chi connectivity index (χ0v) is 14.3. The number of hydrogen-bond acceptors (Lipinski definition) is 5. The van der Waals surface area contributed by atoms with Gasteiger partial charge in [0.1, 0.15) is 5.15 Å². The van der Waals surface area contributed by atoms with E-state index in [1.807, 2.05) is 6.20 Å². The first kappa shape index (κ1) is 16.4. The van der Waals surface area contributed by atoms with E-state index in [2.05, 4.69) is 29.1 Å². The first-order chi connectivity index (χ1) is 11.1. The van der Waals surface area contributed by atoms with Gasteiger partial charge in [0.15, 0.2) is 0 Å². The van der Waals surface area contributed by atoms with Gasteiger partial charge in [-0.15, -0.1) is 0 Å². The topological polar surface area (TPSA) is 70.9 Å². The molecular weight excluding hydrogens is 312 g/mol. The summed E-state index contributed by atoms with van der Waals surface area (Å²) in [6, 6.07) is 0.318. The Hall–Kier alpha value is -1.46. The fourth-order valence-electron chi connectivity index (χ4n) is 3.09. The van der Waals surface area contributed by atoms with Gasteiger partial charge in [0, 0.05) is 24.0 Å². The SMILES string of the molecule is CC[C@H](C)Nc1ncc2c(Cl)ncc(C3CCC(O)CC3)c2n1. The summed E-state index contributed by atoms with van der Waals surface area (Å²) in [7, 11) is 0. The molecule has 0 bridgehead atoms. The van der Waals surface area contributed by atoms with Crippen LogP contribution in [0.5, 0.6) is 0 Å². The molecule has 0 radical (unpaired) electrons. The van der Waals surface area contributed by atoms with Crippen LogP contribution in [0, 0.1) is 0 Å². The van der Waals surface area contributed by atoms with Crippen LogP contribution in [0.25, 0.3) is 10.9 Å². The average molecular weight is 335 g/mol. The lowest BCUT2D eigenvalue weighted by molar-refractivity contribution is 0.122. The molecule has 2 N–H and O–H groups in total. The Morgan fingerprint density at radius 2 is 2.00 bits per heavy atom. The van der Waals surface area contributed by atoms with Gasteiger partial charge in [-0.2, -0.15) is 0 Å². The Morgan fingerprint density at radius 3 is 2.70 bits per heavy atom. The number of pyridine rings is 1. The predicted octanol–water partition coefficient (Wildman–Crippen LogP) is 3.91. The normalized spacial score (nSPS) is 23.0. The highest BCUT2D eigenvalue weighted by atomic mass is 35.5. The number of fused-ring (bicyclic) bond motifs is 1. The van der Waals surface area contributed by atoms with Crippen molar-refractivity contribution in [1.82, 2.24) is 15.0 Å². The highest BCUT2D eigenvalue weighted by molar-refractivity contribution is 6.34.